The molecule has 0 aliphatic carbocycles. The van der Waals surface area contributed by atoms with E-state index in [0.29, 0.717) is 11.4 Å². The van der Waals surface area contributed by atoms with Crippen molar-refractivity contribution in [2.24, 2.45) is 10.7 Å². The fourth-order valence-corrected chi connectivity index (χ4v) is 2.70. The second kappa shape index (κ2) is 7.83. The highest BCUT2D eigenvalue weighted by Gasteiger charge is 2.09. The van der Waals surface area contributed by atoms with Gasteiger partial charge in [-0.05, 0) is 36.4 Å². The summed E-state index contributed by atoms with van der Waals surface area (Å²) >= 11 is 0. The predicted molar refractivity (Wildman–Crippen MR) is 101 cm³/mol. The van der Waals surface area contributed by atoms with Crippen LogP contribution >= 0.6 is 0 Å². The molecule has 0 aliphatic heterocycles. The number of nitrogens with one attached hydrogen (secondary N) is 1. The van der Waals surface area contributed by atoms with Crippen molar-refractivity contribution < 1.29 is 13.3 Å². The minimum Gasteiger partial charge on any atom is -0.369 e. The molecule has 0 fully saturated rings. The van der Waals surface area contributed by atoms with Gasteiger partial charge in [0.25, 0.3) is 5.69 Å². The molecule has 2 aromatic rings. The molecule has 0 unspecified atom stereocenters. The molecule has 0 radical (unpaired) electrons. The van der Waals surface area contributed by atoms with Gasteiger partial charge in [0.2, 0.25) is 0 Å². The van der Waals surface area contributed by atoms with E-state index in [4.69, 9.17) is 5.73 Å². The lowest BCUT2D eigenvalue weighted by Gasteiger charge is -2.18. The molecule has 0 bridgehead atoms. The first kappa shape index (κ1) is 19.2. The Labute approximate surface area is 151 Å². The zero-order chi connectivity index (χ0) is 19.3. The Morgan fingerprint density at radius 1 is 1.19 bits per heavy atom. The van der Waals surface area contributed by atoms with Crippen LogP contribution in [0.4, 0.5) is 17.1 Å². The molecule has 3 N–H and O–H groups in total. The predicted octanol–water partition coefficient (Wildman–Crippen LogP) is 1.82. The minimum absolute atomic E-state index is 0.0100. The van der Waals surface area contributed by atoms with Crippen LogP contribution in [0, 0.1) is 10.1 Å². The lowest BCUT2D eigenvalue weighted by atomic mass is 10.3. The van der Waals surface area contributed by atoms with Crippen molar-refractivity contribution in [3.05, 3.63) is 58.6 Å². The molecule has 0 aromatic heterocycles. The van der Waals surface area contributed by atoms with Crippen molar-refractivity contribution in [1.82, 2.24) is 0 Å². The molecule has 138 valence electrons. The van der Waals surface area contributed by atoms with Crippen molar-refractivity contribution in [2.45, 2.75) is 4.90 Å². The number of hydrogen-bond donors (Lipinski definition) is 2. The molecule has 26 heavy (non-hydrogen) atoms. The number of hydrogen-bond acceptors (Lipinski definition) is 6. The maximum absolute atomic E-state index is 11.5. The third-order valence-electron chi connectivity index (χ3n) is 3.60. The first-order valence-electron chi connectivity index (χ1n) is 7.50. The Bertz CT molecular complexity index is 909. The van der Waals surface area contributed by atoms with Crippen LogP contribution in [0.2, 0.25) is 0 Å². The number of rotatable bonds is 6. The van der Waals surface area contributed by atoms with E-state index in [1.807, 2.05) is 0 Å². The first-order valence-corrected chi connectivity index (χ1v) is 9.40. The van der Waals surface area contributed by atoms with Gasteiger partial charge < -0.3 is 16.0 Å². The Kier molecular flexibility index (Phi) is 5.78. The average Bonchev–Trinajstić information content (AvgIpc) is 2.60. The maximum Gasteiger partial charge on any atom is 0.269 e. The SMILES string of the molecule is CN(C(N)=NCNc1ccc([N+](=O)[O-])cc1)c1ccc(S(C)(=O)=O)cc1. The summed E-state index contributed by atoms with van der Waals surface area (Å²) < 4.78 is 22.9. The molecule has 0 amide bonds. The van der Waals surface area contributed by atoms with E-state index in [0.717, 1.165) is 6.26 Å². The number of nitrogens with two attached hydrogens (primary N) is 1. The van der Waals surface area contributed by atoms with Crippen molar-refractivity contribution in [1.29, 1.82) is 0 Å². The largest absolute Gasteiger partial charge is 0.369 e. The number of nitro groups is 1. The van der Waals surface area contributed by atoms with Gasteiger partial charge in [-0.25, -0.2) is 13.4 Å². The fraction of sp³-hybridized carbons (Fsp3) is 0.188. The number of sulfone groups is 1. The summed E-state index contributed by atoms with van der Waals surface area (Å²) in [5.41, 5.74) is 7.30. The van der Waals surface area contributed by atoms with Crippen molar-refractivity contribution in [3.8, 4) is 0 Å². The van der Waals surface area contributed by atoms with E-state index in [9.17, 15) is 18.5 Å². The van der Waals surface area contributed by atoms with Crippen LogP contribution in [0.25, 0.3) is 0 Å². The van der Waals surface area contributed by atoms with Crippen LogP contribution in [0.15, 0.2) is 58.4 Å². The lowest BCUT2D eigenvalue weighted by molar-refractivity contribution is -0.384. The fourth-order valence-electron chi connectivity index (χ4n) is 2.07. The quantitative estimate of drug-likeness (QED) is 0.340. The molecule has 9 nitrogen and oxygen atoms in total. The van der Waals surface area contributed by atoms with Gasteiger partial charge in [-0.3, -0.25) is 10.1 Å². The van der Waals surface area contributed by atoms with Gasteiger partial charge in [-0.1, -0.05) is 0 Å². The van der Waals surface area contributed by atoms with E-state index >= 15 is 0 Å². The standard InChI is InChI=1S/C16H19N5O4S/c1-20(13-7-9-15(10-8-13)26(2,24)25)16(17)19-11-18-12-3-5-14(6-4-12)21(22)23/h3-10,18H,11H2,1-2H3,(H2,17,19). The molecular formula is C16H19N5O4S. The molecule has 2 rings (SSSR count). The molecule has 0 spiro atoms. The molecule has 0 atom stereocenters. The van der Waals surface area contributed by atoms with Crippen molar-refractivity contribution in [3.63, 3.8) is 0 Å². The lowest BCUT2D eigenvalue weighted by Crippen LogP contribution is -2.34. The van der Waals surface area contributed by atoms with Crippen molar-refractivity contribution >= 4 is 32.9 Å². The van der Waals surface area contributed by atoms with Gasteiger partial charge in [-0.15, -0.1) is 0 Å². The summed E-state index contributed by atoms with van der Waals surface area (Å²) in [6.45, 7) is 0.176. The van der Waals surface area contributed by atoms with E-state index in [2.05, 4.69) is 10.3 Å². The van der Waals surface area contributed by atoms with Gasteiger partial charge in [-0.2, -0.15) is 0 Å². The van der Waals surface area contributed by atoms with E-state index in [1.165, 1.54) is 24.3 Å². The van der Waals surface area contributed by atoms with Crippen LogP contribution in [-0.2, 0) is 9.84 Å². The third-order valence-corrected chi connectivity index (χ3v) is 4.73. The number of benzene rings is 2. The molecular weight excluding hydrogens is 358 g/mol. The summed E-state index contributed by atoms with van der Waals surface area (Å²) in [4.78, 5) is 16.2. The number of nitrogens with zero attached hydrogens (tertiary/aromatic N) is 3. The van der Waals surface area contributed by atoms with Gasteiger partial charge in [0.1, 0.15) is 6.67 Å². The number of aliphatic imine (C=N–C) groups is 1. The number of guanidine groups is 1. The molecule has 0 heterocycles. The second-order valence-corrected chi connectivity index (χ2v) is 7.50. The molecule has 0 aliphatic rings. The topological polar surface area (TPSA) is 131 Å². The zero-order valence-electron chi connectivity index (χ0n) is 14.3. The van der Waals surface area contributed by atoms with Crippen LogP contribution in [0.1, 0.15) is 0 Å². The summed E-state index contributed by atoms with van der Waals surface area (Å²) in [7, 11) is -1.54. The van der Waals surface area contributed by atoms with Crippen molar-refractivity contribution in [2.75, 3.05) is 30.2 Å². The van der Waals surface area contributed by atoms with Crippen LogP contribution in [0.5, 0.6) is 0 Å². The Hall–Kier alpha value is -3.14. The molecule has 0 saturated heterocycles. The molecule has 10 heteroatoms. The summed E-state index contributed by atoms with van der Waals surface area (Å²) in [6, 6.07) is 12.2. The average molecular weight is 377 g/mol. The van der Waals surface area contributed by atoms with Gasteiger partial charge in [0, 0.05) is 36.8 Å². The van der Waals surface area contributed by atoms with Crippen LogP contribution < -0.4 is 16.0 Å². The van der Waals surface area contributed by atoms with Gasteiger partial charge in [0.15, 0.2) is 15.8 Å². The highest BCUT2D eigenvalue weighted by atomic mass is 32.2. The van der Waals surface area contributed by atoms with Gasteiger partial charge >= 0.3 is 0 Å². The summed E-state index contributed by atoms with van der Waals surface area (Å²) in [6.07, 6.45) is 1.14. The number of non-ortho nitro benzene ring substituents is 1. The highest BCUT2D eigenvalue weighted by molar-refractivity contribution is 7.90. The smallest absolute Gasteiger partial charge is 0.269 e. The van der Waals surface area contributed by atoms with Gasteiger partial charge in [0.05, 0.1) is 9.82 Å². The number of nitro benzene ring substituents is 1. The van der Waals surface area contributed by atoms with Crippen LogP contribution in [0.3, 0.4) is 0 Å². The van der Waals surface area contributed by atoms with E-state index < -0.39 is 14.8 Å². The second-order valence-electron chi connectivity index (χ2n) is 5.48. The van der Waals surface area contributed by atoms with E-state index in [1.54, 1.807) is 36.2 Å². The highest BCUT2D eigenvalue weighted by Crippen LogP contribution is 2.17. The molecule has 2 aromatic carbocycles. The van der Waals surface area contributed by atoms with Crippen LogP contribution in [-0.4, -0.2) is 39.3 Å². The normalized spacial score (nSPS) is 11.8. The number of anilines is 2. The minimum atomic E-state index is -3.25. The van der Waals surface area contributed by atoms with E-state index in [-0.39, 0.29) is 23.2 Å². The summed E-state index contributed by atoms with van der Waals surface area (Å²) in [5.74, 6) is 0.228. The zero-order valence-corrected chi connectivity index (χ0v) is 15.1. The summed E-state index contributed by atoms with van der Waals surface area (Å²) in [5, 5.41) is 13.6. The molecule has 0 saturated carbocycles. The Morgan fingerprint density at radius 3 is 2.27 bits per heavy atom. The Balaban J connectivity index is 1.98. The monoisotopic (exact) mass is 377 g/mol. The maximum atomic E-state index is 11.5. The third kappa shape index (κ3) is 4.93. The Morgan fingerprint density at radius 2 is 1.77 bits per heavy atom. The first-order chi connectivity index (χ1) is 12.2.